The molecule has 0 unspecified atom stereocenters. The summed E-state index contributed by atoms with van der Waals surface area (Å²) in [6.45, 7) is -0.569. The van der Waals surface area contributed by atoms with Gasteiger partial charge in [0.15, 0.2) is 5.78 Å². The summed E-state index contributed by atoms with van der Waals surface area (Å²) in [5.74, 6) is 0.480. The Bertz CT molecular complexity index is 911. The first-order valence-corrected chi connectivity index (χ1v) is 9.47. The Kier molecular flexibility index (Phi) is 5.63. The van der Waals surface area contributed by atoms with Crippen molar-refractivity contribution in [1.82, 2.24) is 0 Å². The van der Waals surface area contributed by atoms with Gasteiger partial charge in [0, 0.05) is 6.07 Å². The van der Waals surface area contributed by atoms with Gasteiger partial charge in [-0.15, -0.1) is 0 Å². The zero-order valence-corrected chi connectivity index (χ0v) is 15.8. The summed E-state index contributed by atoms with van der Waals surface area (Å²) in [7, 11) is 0. The molecule has 0 aromatic heterocycles. The van der Waals surface area contributed by atoms with Gasteiger partial charge in [0.1, 0.15) is 47.8 Å². The predicted molar refractivity (Wildman–Crippen MR) is 101 cm³/mol. The number of phenolic OH excluding ortho intramolecular Hbond substituents is 1. The van der Waals surface area contributed by atoms with Gasteiger partial charge in [0.25, 0.3) is 0 Å². The van der Waals surface area contributed by atoms with Crippen molar-refractivity contribution in [2.45, 2.75) is 43.2 Å². The van der Waals surface area contributed by atoms with Gasteiger partial charge in [0.2, 0.25) is 6.29 Å². The van der Waals surface area contributed by atoms with Crippen molar-refractivity contribution >= 4 is 5.78 Å². The average molecular weight is 418 g/mol. The van der Waals surface area contributed by atoms with Crippen LogP contribution in [0.2, 0.25) is 0 Å². The second-order valence-corrected chi connectivity index (χ2v) is 7.30. The van der Waals surface area contributed by atoms with Crippen LogP contribution in [0.5, 0.6) is 17.2 Å². The topological polar surface area (TPSA) is 146 Å². The maximum Gasteiger partial charge on any atom is 0.229 e. The summed E-state index contributed by atoms with van der Waals surface area (Å²) in [6, 6.07) is 10.9. The minimum absolute atomic E-state index is 0.108. The molecule has 0 spiro atoms. The fourth-order valence-corrected chi connectivity index (χ4v) is 3.55. The van der Waals surface area contributed by atoms with Crippen molar-refractivity contribution in [2.75, 3.05) is 6.61 Å². The monoisotopic (exact) mass is 418 g/mol. The van der Waals surface area contributed by atoms with Crippen molar-refractivity contribution < 1.29 is 44.5 Å². The molecule has 0 radical (unpaired) electrons. The standard InChI is InChI=1S/C21H22O9/c22-9-17-18(25)19(26)20(27)21(30-17)28-12-5-6-13-14(24)8-15(29-16(13)7-12)10-1-3-11(23)4-2-10/h1-7,15,17-23,25-27H,8-9H2/t15-,17-,18-,19+,20-,21+/m0/s1. The fraction of sp³-hybridized carbons (Fsp3) is 0.381. The van der Waals surface area contributed by atoms with Gasteiger partial charge < -0.3 is 39.7 Å². The lowest BCUT2D eigenvalue weighted by atomic mass is 9.96. The van der Waals surface area contributed by atoms with Crippen molar-refractivity contribution in [3.8, 4) is 17.2 Å². The summed E-state index contributed by atoms with van der Waals surface area (Å²) in [5.41, 5.74) is 1.11. The first-order chi connectivity index (χ1) is 14.4. The highest BCUT2D eigenvalue weighted by atomic mass is 16.7. The largest absolute Gasteiger partial charge is 0.508 e. The molecule has 1 saturated heterocycles. The van der Waals surface area contributed by atoms with Crippen LogP contribution in [0.4, 0.5) is 0 Å². The number of rotatable bonds is 4. The predicted octanol–water partition coefficient (Wildman–Crippen LogP) is 0.277. The number of hydrogen-bond donors (Lipinski definition) is 5. The number of aliphatic hydroxyl groups excluding tert-OH is 4. The Morgan fingerprint density at radius 1 is 1.00 bits per heavy atom. The Labute approximate surface area is 171 Å². The van der Waals surface area contributed by atoms with Gasteiger partial charge in [-0.25, -0.2) is 0 Å². The summed E-state index contributed by atoms with van der Waals surface area (Å²) < 4.78 is 16.9. The number of ether oxygens (including phenoxy) is 3. The van der Waals surface area contributed by atoms with E-state index in [9.17, 15) is 30.3 Å². The van der Waals surface area contributed by atoms with E-state index in [4.69, 9.17) is 14.2 Å². The molecule has 2 aromatic carbocycles. The molecule has 9 heteroatoms. The van der Waals surface area contributed by atoms with Crippen LogP contribution in [0, 0.1) is 0 Å². The Morgan fingerprint density at radius 2 is 1.73 bits per heavy atom. The molecule has 2 aliphatic rings. The van der Waals surface area contributed by atoms with E-state index in [1.807, 2.05) is 0 Å². The highest BCUT2D eigenvalue weighted by Gasteiger charge is 2.44. The van der Waals surface area contributed by atoms with Crippen molar-refractivity contribution in [3.05, 3.63) is 53.6 Å². The number of aromatic hydroxyl groups is 1. The SMILES string of the molecule is O=C1C[C@@H](c2ccc(O)cc2)Oc2cc(O[C@@H]3O[C@@H](CO)[C@H](O)[C@@H](O)[C@@H]3O)ccc21. The highest BCUT2D eigenvalue weighted by molar-refractivity contribution is 6.00. The number of phenols is 1. The molecule has 4 rings (SSSR count). The van der Waals surface area contributed by atoms with Gasteiger partial charge in [0.05, 0.1) is 18.6 Å². The van der Waals surface area contributed by atoms with Crippen LogP contribution in [0.15, 0.2) is 42.5 Å². The van der Waals surface area contributed by atoms with E-state index < -0.39 is 43.4 Å². The second-order valence-electron chi connectivity index (χ2n) is 7.30. The van der Waals surface area contributed by atoms with Gasteiger partial charge >= 0.3 is 0 Å². The maximum atomic E-state index is 12.5. The van der Waals surface area contributed by atoms with Crippen molar-refractivity contribution in [1.29, 1.82) is 0 Å². The molecule has 0 amide bonds. The van der Waals surface area contributed by atoms with Crippen LogP contribution in [-0.4, -0.2) is 68.6 Å². The number of fused-ring (bicyclic) bond motifs is 1. The first kappa shape index (κ1) is 20.6. The third kappa shape index (κ3) is 3.85. The Morgan fingerprint density at radius 3 is 2.43 bits per heavy atom. The van der Waals surface area contributed by atoms with Gasteiger partial charge in [-0.1, -0.05) is 12.1 Å². The molecule has 160 valence electrons. The zero-order chi connectivity index (χ0) is 21.4. The number of Topliss-reactive ketones (excluding diaryl/α,β-unsaturated/α-hetero) is 1. The van der Waals surface area contributed by atoms with Crippen LogP contribution in [-0.2, 0) is 4.74 Å². The average Bonchev–Trinajstić information content (AvgIpc) is 2.74. The number of carbonyl (C=O) groups is 1. The first-order valence-electron chi connectivity index (χ1n) is 9.47. The molecule has 0 saturated carbocycles. The number of hydrogen-bond acceptors (Lipinski definition) is 9. The highest BCUT2D eigenvalue weighted by Crippen LogP contribution is 2.38. The molecule has 9 nitrogen and oxygen atoms in total. The normalized spacial score (nSPS) is 31.0. The molecule has 1 fully saturated rings. The number of carbonyl (C=O) groups excluding carboxylic acids is 1. The molecule has 2 aliphatic heterocycles. The van der Waals surface area contributed by atoms with E-state index >= 15 is 0 Å². The van der Waals surface area contributed by atoms with E-state index in [1.165, 1.54) is 30.3 Å². The summed E-state index contributed by atoms with van der Waals surface area (Å²) >= 11 is 0. The molecule has 6 atom stereocenters. The summed E-state index contributed by atoms with van der Waals surface area (Å²) in [5, 5.41) is 48.6. The van der Waals surface area contributed by atoms with Crippen LogP contribution < -0.4 is 9.47 Å². The van der Waals surface area contributed by atoms with E-state index in [-0.39, 0.29) is 29.5 Å². The molecule has 30 heavy (non-hydrogen) atoms. The van der Waals surface area contributed by atoms with E-state index in [1.54, 1.807) is 12.1 Å². The minimum Gasteiger partial charge on any atom is -0.508 e. The quantitative estimate of drug-likeness (QED) is 0.472. The van der Waals surface area contributed by atoms with Crippen LogP contribution in [0.3, 0.4) is 0 Å². The third-order valence-electron chi connectivity index (χ3n) is 5.26. The van der Waals surface area contributed by atoms with Crippen LogP contribution in [0.25, 0.3) is 0 Å². The minimum atomic E-state index is -1.56. The van der Waals surface area contributed by atoms with Crippen molar-refractivity contribution in [2.24, 2.45) is 0 Å². The van der Waals surface area contributed by atoms with Gasteiger partial charge in [-0.3, -0.25) is 4.79 Å². The lowest BCUT2D eigenvalue weighted by molar-refractivity contribution is -0.277. The number of benzene rings is 2. The Hall–Kier alpha value is -2.69. The Balaban J connectivity index is 1.54. The van der Waals surface area contributed by atoms with Crippen LogP contribution in [0.1, 0.15) is 28.4 Å². The van der Waals surface area contributed by atoms with Gasteiger partial charge in [-0.2, -0.15) is 0 Å². The van der Waals surface area contributed by atoms with E-state index in [2.05, 4.69) is 0 Å². The molecule has 2 heterocycles. The van der Waals surface area contributed by atoms with Crippen LogP contribution >= 0.6 is 0 Å². The van der Waals surface area contributed by atoms with E-state index in [0.29, 0.717) is 5.56 Å². The number of ketones is 1. The van der Waals surface area contributed by atoms with Crippen molar-refractivity contribution in [3.63, 3.8) is 0 Å². The lowest BCUT2D eigenvalue weighted by Crippen LogP contribution is -2.60. The van der Waals surface area contributed by atoms with E-state index in [0.717, 1.165) is 5.56 Å². The third-order valence-corrected chi connectivity index (χ3v) is 5.26. The molecule has 0 bridgehead atoms. The fourth-order valence-electron chi connectivity index (χ4n) is 3.55. The van der Waals surface area contributed by atoms with Gasteiger partial charge in [-0.05, 0) is 29.8 Å². The molecular weight excluding hydrogens is 396 g/mol. The summed E-state index contributed by atoms with van der Waals surface area (Å²) in [6.07, 6.45) is -7.42. The maximum absolute atomic E-state index is 12.5. The summed E-state index contributed by atoms with van der Waals surface area (Å²) in [4.78, 5) is 12.5. The smallest absolute Gasteiger partial charge is 0.229 e. The zero-order valence-electron chi connectivity index (χ0n) is 15.8. The molecule has 5 N–H and O–H groups in total. The second kappa shape index (κ2) is 8.21. The molecule has 0 aliphatic carbocycles. The number of aliphatic hydroxyl groups is 4. The lowest BCUT2D eigenvalue weighted by Gasteiger charge is -2.39. The molecule has 2 aromatic rings. The molecular formula is C21H22O9.